The van der Waals surface area contributed by atoms with E-state index >= 15 is 0 Å². The molecule has 0 spiro atoms. The van der Waals surface area contributed by atoms with Gasteiger partial charge in [-0.05, 0) is 13.8 Å². The van der Waals surface area contributed by atoms with Gasteiger partial charge in [-0.3, -0.25) is 9.59 Å². The third-order valence-corrected chi connectivity index (χ3v) is 2.23. The number of nitrogens with zero attached hydrogens (tertiary/aromatic N) is 1. The highest BCUT2D eigenvalue weighted by molar-refractivity contribution is 5.93. The summed E-state index contributed by atoms with van der Waals surface area (Å²) in [5, 5.41) is 0. The minimum Gasteiger partial charge on any atom is -0.365 e. The van der Waals surface area contributed by atoms with Crippen molar-refractivity contribution in [2.24, 2.45) is 12.8 Å². The lowest BCUT2D eigenvalue weighted by molar-refractivity contribution is 0.0998. The molecule has 0 saturated heterocycles. The Balaban J connectivity index is 3.63. The molecule has 2 N–H and O–H groups in total. The maximum absolute atomic E-state index is 11.3. The number of carbonyl (C=O) groups excluding carboxylic acids is 1. The number of amides is 1. The van der Waals surface area contributed by atoms with E-state index in [1.807, 2.05) is 0 Å². The molecule has 0 aliphatic carbocycles. The Hall–Kier alpha value is -1.58. The number of aryl methyl sites for hydroxylation is 1. The molecule has 1 rings (SSSR count). The Morgan fingerprint density at radius 3 is 2.46 bits per heavy atom. The fourth-order valence-electron chi connectivity index (χ4n) is 1.27. The molecule has 4 nitrogen and oxygen atoms in total. The highest BCUT2D eigenvalue weighted by Crippen LogP contribution is 2.03. The molecule has 1 amide bonds. The summed E-state index contributed by atoms with van der Waals surface area (Å²) < 4.78 is 1.77. The number of aromatic nitrogens is 1. The van der Waals surface area contributed by atoms with Crippen molar-refractivity contribution in [2.45, 2.75) is 13.8 Å². The van der Waals surface area contributed by atoms with Crippen molar-refractivity contribution >= 4 is 5.91 Å². The Bertz CT molecular complexity index is 418. The fraction of sp³-hybridized carbons (Fsp3) is 0.333. The van der Waals surface area contributed by atoms with Crippen molar-refractivity contribution in [3.63, 3.8) is 0 Å². The first-order valence-electron chi connectivity index (χ1n) is 3.92. The number of hydrogen-bond acceptors (Lipinski definition) is 2. The Kier molecular flexibility index (Phi) is 2.23. The quantitative estimate of drug-likeness (QED) is 0.666. The van der Waals surface area contributed by atoms with E-state index in [1.54, 1.807) is 25.5 Å². The third-order valence-electron chi connectivity index (χ3n) is 2.23. The van der Waals surface area contributed by atoms with Gasteiger partial charge in [0.15, 0.2) is 5.43 Å². The standard InChI is InChI=1S/C9H12N2O2/c1-5-4-7(12)8(9(10)13)6(2)11(5)3/h4H,1-3H3,(H2,10,13). The first-order valence-corrected chi connectivity index (χ1v) is 3.92. The van der Waals surface area contributed by atoms with Gasteiger partial charge < -0.3 is 10.3 Å². The monoisotopic (exact) mass is 180 g/mol. The Labute approximate surface area is 76.0 Å². The lowest BCUT2D eigenvalue weighted by Crippen LogP contribution is -2.26. The zero-order chi connectivity index (χ0) is 10.2. The summed E-state index contributed by atoms with van der Waals surface area (Å²) in [6.45, 7) is 3.51. The highest BCUT2D eigenvalue weighted by atomic mass is 16.2. The second kappa shape index (κ2) is 3.05. The predicted octanol–water partition coefficient (Wildman–Crippen LogP) is 0.101. The second-order valence-corrected chi connectivity index (χ2v) is 3.03. The minimum absolute atomic E-state index is 0.0769. The van der Waals surface area contributed by atoms with E-state index < -0.39 is 5.91 Å². The summed E-state index contributed by atoms with van der Waals surface area (Å²) in [5.74, 6) is -0.668. The zero-order valence-electron chi connectivity index (χ0n) is 7.92. The average molecular weight is 180 g/mol. The van der Waals surface area contributed by atoms with Crippen LogP contribution in [-0.4, -0.2) is 10.5 Å². The maximum Gasteiger partial charge on any atom is 0.254 e. The molecule has 13 heavy (non-hydrogen) atoms. The fourth-order valence-corrected chi connectivity index (χ4v) is 1.27. The van der Waals surface area contributed by atoms with Crippen LogP contribution in [0, 0.1) is 13.8 Å². The molecule has 1 heterocycles. The van der Waals surface area contributed by atoms with Gasteiger partial charge in [-0.1, -0.05) is 0 Å². The lowest BCUT2D eigenvalue weighted by atomic mass is 10.1. The normalized spacial score (nSPS) is 10.1. The molecule has 1 aromatic rings. The van der Waals surface area contributed by atoms with E-state index in [1.165, 1.54) is 6.07 Å². The number of primary amides is 1. The third kappa shape index (κ3) is 1.47. The van der Waals surface area contributed by atoms with E-state index in [4.69, 9.17) is 5.73 Å². The minimum atomic E-state index is -0.668. The van der Waals surface area contributed by atoms with E-state index in [0.717, 1.165) is 5.69 Å². The predicted molar refractivity (Wildman–Crippen MR) is 49.7 cm³/mol. The molecule has 0 bridgehead atoms. The maximum atomic E-state index is 11.3. The topological polar surface area (TPSA) is 65.1 Å². The van der Waals surface area contributed by atoms with E-state index in [-0.39, 0.29) is 11.0 Å². The summed E-state index contributed by atoms with van der Waals surface area (Å²) in [7, 11) is 1.79. The van der Waals surface area contributed by atoms with E-state index in [9.17, 15) is 9.59 Å². The summed E-state index contributed by atoms with van der Waals surface area (Å²) in [4.78, 5) is 22.3. The van der Waals surface area contributed by atoms with Crippen LogP contribution in [0.2, 0.25) is 0 Å². The smallest absolute Gasteiger partial charge is 0.254 e. The number of rotatable bonds is 1. The molecule has 0 saturated carbocycles. The van der Waals surface area contributed by atoms with Gasteiger partial charge in [0.25, 0.3) is 5.91 Å². The van der Waals surface area contributed by atoms with Gasteiger partial charge in [0.05, 0.1) is 0 Å². The van der Waals surface area contributed by atoms with Crippen molar-refractivity contribution in [1.82, 2.24) is 4.57 Å². The molecule has 0 unspecified atom stereocenters. The molecule has 0 aliphatic heterocycles. The van der Waals surface area contributed by atoms with Gasteiger partial charge in [-0.15, -0.1) is 0 Å². The molecule has 0 aliphatic rings. The van der Waals surface area contributed by atoms with Crippen molar-refractivity contribution < 1.29 is 4.79 Å². The Morgan fingerprint density at radius 1 is 1.46 bits per heavy atom. The van der Waals surface area contributed by atoms with Crippen molar-refractivity contribution in [1.29, 1.82) is 0 Å². The van der Waals surface area contributed by atoms with Gasteiger partial charge in [0.1, 0.15) is 5.56 Å². The van der Waals surface area contributed by atoms with Crippen molar-refractivity contribution in [3.05, 3.63) is 33.2 Å². The van der Waals surface area contributed by atoms with Crippen LogP contribution in [0.25, 0.3) is 0 Å². The van der Waals surface area contributed by atoms with Crippen LogP contribution in [0.1, 0.15) is 21.7 Å². The molecule has 4 heteroatoms. The molecule has 70 valence electrons. The van der Waals surface area contributed by atoms with Crippen LogP contribution in [0.5, 0.6) is 0 Å². The molecular weight excluding hydrogens is 168 g/mol. The van der Waals surface area contributed by atoms with E-state index in [0.29, 0.717) is 5.69 Å². The average Bonchev–Trinajstić information content (AvgIpc) is 1.99. The number of nitrogens with two attached hydrogens (primary N) is 1. The molecule has 0 aromatic carbocycles. The molecular formula is C9H12N2O2. The van der Waals surface area contributed by atoms with Crippen LogP contribution in [0.4, 0.5) is 0 Å². The van der Waals surface area contributed by atoms with Gasteiger partial charge in [-0.2, -0.15) is 0 Å². The van der Waals surface area contributed by atoms with Crippen LogP contribution in [-0.2, 0) is 7.05 Å². The van der Waals surface area contributed by atoms with Crippen molar-refractivity contribution in [3.8, 4) is 0 Å². The summed E-state index contributed by atoms with van der Waals surface area (Å²) in [5.41, 5.74) is 6.28. The van der Waals surface area contributed by atoms with Crippen molar-refractivity contribution in [2.75, 3.05) is 0 Å². The summed E-state index contributed by atoms with van der Waals surface area (Å²) in [6.07, 6.45) is 0. The number of pyridine rings is 1. The summed E-state index contributed by atoms with van der Waals surface area (Å²) >= 11 is 0. The van der Waals surface area contributed by atoms with Gasteiger partial charge in [0, 0.05) is 24.5 Å². The lowest BCUT2D eigenvalue weighted by Gasteiger charge is -2.10. The van der Waals surface area contributed by atoms with Crippen LogP contribution in [0.15, 0.2) is 10.9 Å². The Morgan fingerprint density at radius 2 is 2.00 bits per heavy atom. The molecule has 0 fully saturated rings. The van der Waals surface area contributed by atoms with E-state index in [2.05, 4.69) is 0 Å². The van der Waals surface area contributed by atoms with Gasteiger partial charge in [0.2, 0.25) is 0 Å². The first-order chi connectivity index (χ1) is 5.95. The van der Waals surface area contributed by atoms with Crippen LogP contribution >= 0.6 is 0 Å². The highest BCUT2D eigenvalue weighted by Gasteiger charge is 2.12. The second-order valence-electron chi connectivity index (χ2n) is 3.03. The summed E-state index contributed by atoms with van der Waals surface area (Å²) in [6, 6.07) is 1.41. The van der Waals surface area contributed by atoms with Gasteiger partial charge in [-0.25, -0.2) is 0 Å². The largest absolute Gasteiger partial charge is 0.365 e. The van der Waals surface area contributed by atoms with Crippen LogP contribution in [0.3, 0.4) is 0 Å². The van der Waals surface area contributed by atoms with Gasteiger partial charge >= 0.3 is 0 Å². The molecule has 0 atom stereocenters. The van der Waals surface area contributed by atoms with Crippen LogP contribution < -0.4 is 11.2 Å². The molecule has 1 aromatic heterocycles. The number of hydrogen-bond donors (Lipinski definition) is 1. The zero-order valence-corrected chi connectivity index (χ0v) is 7.92. The SMILES string of the molecule is Cc1cc(=O)c(C(N)=O)c(C)n1C. The first kappa shape index (κ1) is 9.51. The number of carbonyl (C=O) groups is 1. The molecule has 0 radical (unpaired) electrons.